The Balaban J connectivity index is 2.31. The number of nitrogens with one attached hydrogen (secondary N) is 1. The summed E-state index contributed by atoms with van der Waals surface area (Å²) < 4.78 is 18.1. The number of rotatable bonds is 1. The third-order valence-corrected chi connectivity index (χ3v) is 2.33. The summed E-state index contributed by atoms with van der Waals surface area (Å²) in [5.41, 5.74) is -0.492. The van der Waals surface area contributed by atoms with Crippen LogP contribution in [0.25, 0.3) is 0 Å². The SMILES string of the molecule is CC(C)(C)OC(=O)NC1CCC[C@H](F)C1. The lowest BCUT2D eigenvalue weighted by Crippen LogP contribution is -2.41. The van der Waals surface area contributed by atoms with Crippen LogP contribution in [-0.2, 0) is 4.74 Å². The second-order valence-corrected chi connectivity index (χ2v) is 5.11. The molecule has 0 saturated heterocycles. The topological polar surface area (TPSA) is 38.3 Å². The fourth-order valence-corrected chi connectivity index (χ4v) is 1.74. The van der Waals surface area contributed by atoms with Gasteiger partial charge in [0.25, 0.3) is 0 Å². The number of halogens is 1. The molecule has 0 spiro atoms. The van der Waals surface area contributed by atoms with Gasteiger partial charge in [-0.05, 0) is 46.5 Å². The van der Waals surface area contributed by atoms with Gasteiger partial charge in [-0.2, -0.15) is 0 Å². The average molecular weight is 217 g/mol. The van der Waals surface area contributed by atoms with Gasteiger partial charge in [0.15, 0.2) is 0 Å². The number of carbonyl (C=O) groups is 1. The minimum Gasteiger partial charge on any atom is -0.444 e. The molecular formula is C11H20FNO2. The fraction of sp³-hybridized carbons (Fsp3) is 0.909. The van der Waals surface area contributed by atoms with Crippen LogP contribution < -0.4 is 5.32 Å². The molecule has 1 fully saturated rings. The number of alkyl carbamates (subject to hydrolysis) is 1. The molecule has 0 radical (unpaired) electrons. The van der Waals surface area contributed by atoms with E-state index in [1.54, 1.807) is 0 Å². The van der Waals surface area contributed by atoms with Crippen LogP contribution in [0.15, 0.2) is 0 Å². The third-order valence-electron chi connectivity index (χ3n) is 2.33. The van der Waals surface area contributed by atoms with Crippen molar-refractivity contribution in [2.24, 2.45) is 0 Å². The van der Waals surface area contributed by atoms with E-state index in [-0.39, 0.29) is 6.04 Å². The molecular weight excluding hydrogens is 197 g/mol. The van der Waals surface area contributed by atoms with Crippen molar-refractivity contribution in [2.75, 3.05) is 0 Å². The fourth-order valence-electron chi connectivity index (χ4n) is 1.74. The van der Waals surface area contributed by atoms with E-state index >= 15 is 0 Å². The predicted octanol–water partition coefficient (Wildman–Crippen LogP) is 2.79. The summed E-state index contributed by atoms with van der Waals surface area (Å²) in [5.74, 6) is 0. The lowest BCUT2D eigenvalue weighted by Gasteiger charge is -2.27. The van der Waals surface area contributed by atoms with E-state index in [0.717, 1.165) is 12.8 Å². The van der Waals surface area contributed by atoms with Crippen LogP contribution in [0.4, 0.5) is 9.18 Å². The van der Waals surface area contributed by atoms with Gasteiger partial charge in [0.1, 0.15) is 11.8 Å². The molecule has 0 aliphatic heterocycles. The molecule has 1 amide bonds. The minimum atomic E-state index is -0.779. The molecule has 1 unspecified atom stereocenters. The van der Waals surface area contributed by atoms with Gasteiger partial charge in [-0.15, -0.1) is 0 Å². The van der Waals surface area contributed by atoms with Crippen LogP contribution in [0.2, 0.25) is 0 Å². The number of carbonyl (C=O) groups excluding carboxylic acids is 1. The van der Waals surface area contributed by atoms with Crippen molar-refractivity contribution in [1.29, 1.82) is 0 Å². The van der Waals surface area contributed by atoms with Crippen LogP contribution in [0.1, 0.15) is 46.5 Å². The molecule has 1 aliphatic rings. The van der Waals surface area contributed by atoms with Crippen molar-refractivity contribution in [3.8, 4) is 0 Å². The Morgan fingerprint density at radius 2 is 2.07 bits per heavy atom. The van der Waals surface area contributed by atoms with Crippen molar-refractivity contribution in [1.82, 2.24) is 5.32 Å². The molecule has 1 aliphatic carbocycles. The van der Waals surface area contributed by atoms with Crippen molar-refractivity contribution >= 4 is 6.09 Å². The molecule has 15 heavy (non-hydrogen) atoms. The van der Waals surface area contributed by atoms with Gasteiger partial charge < -0.3 is 10.1 Å². The zero-order chi connectivity index (χ0) is 11.5. The normalized spacial score (nSPS) is 27.2. The van der Waals surface area contributed by atoms with Gasteiger partial charge in [-0.3, -0.25) is 0 Å². The van der Waals surface area contributed by atoms with Gasteiger partial charge in [-0.25, -0.2) is 9.18 Å². The van der Waals surface area contributed by atoms with E-state index in [4.69, 9.17) is 4.74 Å². The second kappa shape index (κ2) is 4.81. The molecule has 0 aromatic rings. The van der Waals surface area contributed by atoms with Crippen molar-refractivity contribution in [2.45, 2.75) is 64.3 Å². The zero-order valence-electron chi connectivity index (χ0n) is 9.68. The van der Waals surface area contributed by atoms with Crippen molar-refractivity contribution < 1.29 is 13.9 Å². The Morgan fingerprint density at radius 1 is 1.40 bits per heavy atom. The Labute approximate surface area is 90.4 Å². The first kappa shape index (κ1) is 12.3. The smallest absolute Gasteiger partial charge is 0.407 e. The highest BCUT2D eigenvalue weighted by molar-refractivity contribution is 5.68. The lowest BCUT2D eigenvalue weighted by atomic mass is 9.94. The Kier molecular flexibility index (Phi) is 3.94. The van der Waals surface area contributed by atoms with E-state index in [0.29, 0.717) is 12.8 Å². The number of alkyl halides is 1. The molecule has 1 N–H and O–H groups in total. The van der Waals surface area contributed by atoms with E-state index in [1.807, 2.05) is 20.8 Å². The van der Waals surface area contributed by atoms with Crippen LogP contribution in [-0.4, -0.2) is 23.9 Å². The molecule has 0 bridgehead atoms. The summed E-state index contributed by atoms with van der Waals surface area (Å²) in [4.78, 5) is 11.4. The highest BCUT2D eigenvalue weighted by Gasteiger charge is 2.24. The molecule has 1 saturated carbocycles. The van der Waals surface area contributed by atoms with Gasteiger partial charge in [0, 0.05) is 6.04 Å². The highest BCUT2D eigenvalue weighted by atomic mass is 19.1. The van der Waals surface area contributed by atoms with E-state index in [1.165, 1.54) is 0 Å². The second-order valence-electron chi connectivity index (χ2n) is 5.11. The standard InChI is InChI=1S/C11H20FNO2/c1-11(2,3)15-10(14)13-9-6-4-5-8(12)7-9/h8-9H,4-7H2,1-3H3,(H,13,14)/t8-,9?/m0/s1. The first-order valence-corrected chi connectivity index (χ1v) is 5.50. The summed E-state index contributed by atoms with van der Waals surface area (Å²) in [7, 11) is 0. The summed E-state index contributed by atoms with van der Waals surface area (Å²) >= 11 is 0. The molecule has 4 heteroatoms. The monoisotopic (exact) mass is 217 g/mol. The maximum Gasteiger partial charge on any atom is 0.407 e. The van der Waals surface area contributed by atoms with Gasteiger partial charge in [-0.1, -0.05) is 0 Å². The number of amides is 1. The molecule has 0 aromatic carbocycles. The number of hydrogen-bond acceptors (Lipinski definition) is 2. The molecule has 2 atom stereocenters. The van der Waals surface area contributed by atoms with E-state index in [9.17, 15) is 9.18 Å². The maximum absolute atomic E-state index is 13.0. The van der Waals surface area contributed by atoms with E-state index < -0.39 is 17.9 Å². The van der Waals surface area contributed by atoms with Crippen molar-refractivity contribution in [3.63, 3.8) is 0 Å². The Morgan fingerprint density at radius 3 is 2.60 bits per heavy atom. The molecule has 88 valence electrons. The Hall–Kier alpha value is -0.800. The largest absolute Gasteiger partial charge is 0.444 e. The van der Waals surface area contributed by atoms with Gasteiger partial charge >= 0.3 is 6.09 Å². The average Bonchev–Trinajstić information content (AvgIpc) is 1.99. The first-order valence-electron chi connectivity index (χ1n) is 5.50. The quantitative estimate of drug-likeness (QED) is 0.733. The number of hydrogen-bond donors (Lipinski definition) is 1. The van der Waals surface area contributed by atoms with Gasteiger partial charge in [0.2, 0.25) is 0 Å². The third kappa shape index (κ3) is 5.00. The van der Waals surface area contributed by atoms with E-state index in [2.05, 4.69) is 5.32 Å². The van der Waals surface area contributed by atoms with Crippen molar-refractivity contribution in [3.05, 3.63) is 0 Å². The summed E-state index contributed by atoms with van der Waals surface area (Å²) in [6, 6.07) is -0.0661. The van der Waals surface area contributed by atoms with Crippen LogP contribution >= 0.6 is 0 Å². The molecule has 0 heterocycles. The zero-order valence-corrected chi connectivity index (χ0v) is 9.68. The van der Waals surface area contributed by atoms with Crippen LogP contribution in [0.5, 0.6) is 0 Å². The highest BCUT2D eigenvalue weighted by Crippen LogP contribution is 2.21. The predicted molar refractivity (Wildman–Crippen MR) is 56.5 cm³/mol. The minimum absolute atomic E-state index is 0.0661. The summed E-state index contributed by atoms with van der Waals surface area (Å²) in [5, 5.41) is 2.70. The van der Waals surface area contributed by atoms with Gasteiger partial charge in [0.05, 0.1) is 0 Å². The Bertz CT molecular complexity index is 225. The van der Waals surface area contributed by atoms with Crippen LogP contribution in [0, 0.1) is 0 Å². The van der Waals surface area contributed by atoms with Crippen LogP contribution in [0.3, 0.4) is 0 Å². The summed E-state index contributed by atoms with van der Waals surface area (Å²) in [6.45, 7) is 5.43. The lowest BCUT2D eigenvalue weighted by molar-refractivity contribution is 0.0480. The number of ether oxygens (including phenoxy) is 1. The summed E-state index contributed by atoms with van der Waals surface area (Å²) in [6.07, 6.45) is 1.49. The first-order chi connectivity index (χ1) is 6.87. The maximum atomic E-state index is 13.0. The molecule has 3 nitrogen and oxygen atoms in total. The molecule has 0 aromatic heterocycles. The molecule has 1 rings (SSSR count).